The first-order valence-corrected chi connectivity index (χ1v) is 12.8. The van der Waals surface area contributed by atoms with E-state index in [1.807, 2.05) is 60.7 Å². The van der Waals surface area contributed by atoms with Gasteiger partial charge in [-0.15, -0.1) is 11.3 Å². The zero-order valence-electron chi connectivity index (χ0n) is 19.5. The molecule has 4 aromatic rings. The van der Waals surface area contributed by atoms with Gasteiger partial charge in [0.2, 0.25) is 0 Å². The summed E-state index contributed by atoms with van der Waals surface area (Å²) in [5, 5.41) is 21.5. The Bertz CT molecular complexity index is 1480. The second kappa shape index (κ2) is 10.1. The van der Waals surface area contributed by atoms with Crippen LogP contribution in [0.4, 0.5) is 13.2 Å². The number of aliphatic hydroxyl groups excluding tert-OH is 1. The zero-order chi connectivity index (χ0) is 26.2. The molecule has 2 aromatic carbocycles. The van der Waals surface area contributed by atoms with E-state index in [-0.39, 0.29) is 13.1 Å². The van der Waals surface area contributed by atoms with E-state index >= 15 is 0 Å². The molecule has 4 nitrogen and oxygen atoms in total. The van der Waals surface area contributed by atoms with Crippen LogP contribution in [-0.4, -0.2) is 51.1 Å². The molecule has 2 aromatic heterocycles. The molecule has 2 N–H and O–H groups in total. The van der Waals surface area contributed by atoms with Gasteiger partial charge in [0.1, 0.15) is 11.8 Å². The van der Waals surface area contributed by atoms with Gasteiger partial charge in [-0.3, -0.25) is 4.90 Å². The van der Waals surface area contributed by atoms with Crippen molar-refractivity contribution in [2.24, 2.45) is 0 Å². The Hall–Kier alpha value is -2.93. The highest BCUT2D eigenvalue weighted by Gasteiger charge is 2.59. The van der Waals surface area contributed by atoms with Gasteiger partial charge in [-0.25, -0.2) is 4.98 Å². The lowest BCUT2D eigenvalue weighted by atomic mass is 9.88. The Balaban J connectivity index is 1.26. The van der Waals surface area contributed by atoms with Crippen LogP contribution in [0.25, 0.3) is 21.2 Å². The minimum atomic E-state index is -4.86. The van der Waals surface area contributed by atoms with E-state index in [1.54, 1.807) is 22.4 Å². The standard InChI is InChI=1S/C28H22ClF3N2O2S/c29-22-6-3-19(4-7-22)20-5-9-23(33-15-20)8-1-18-2-10-25-21(13-18)14-24(37-25)16-34-12-11-27(36,26(35)17-34)28(30,31)32/h2-7,9-10,13-15,26,35-36H,11-12,16-17H2/t26?,27-/m1/s1. The third-order valence-electron chi connectivity index (χ3n) is 6.51. The number of β-amino-alcohol motifs (C(OH)–C–C–N with tert-alkyl or cyclic N) is 1. The summed E-state index contributed by atoms with van der Waals surface area (Å²) >= 11 is 7.49. The fourth-order valence-corrected chi connectivity index (χ4v) is 5.56. The van der Waals surface area contributed by atoms with Crippen LogP contribution in [-0.2, 0) is 6.54 Å². The lowest BCUT2D eigenvalue weighted by molar-refractivity contribution is -0.303. The Kier molecular flexibility index (Phi) is 7.01. The zero-order valence-corrected chi connectivity index (χ0v) is 21.0. The van der Waals surface area contributed by atoms with E-state index in [2.05, 4.69) is 16.8 Å². The number of thiophene rings is 1. The van der Waals surface area contributed by atoms with Crippen LogP contribution in [0, 0.1) is 11.8 Å². The molecule has 0 saturated carbocycles. The summed E-state index contributed by atoms with van der Waals surface area (Å²) in [5.41, 5.74) is 0.404. The summed E-state index contributed by atoms with van der Waals surface area (Å²) in [6.45, 7) is 0.196. The van der Waals surface area contributed by atoms with Crippen LogP contribution in [0.3, 0.4) is 0 Å². The van der Waals surface area contributed by atoms with Crippen LogP contribution in [0.1, 0.15) is 22.6 Å². The number of pyridine rings is 1. The molecule has 37 heavy (non-hydrogen) atoms. The Morgan fingerprint density at radius 2 is 1.81 bits per heavy atom. The Morgan fingerprint density at radius 1 is 1.05 bits per heavy atom. The fraction of sp³-hybridized carbons (Fsp3) is 0.250. The topological polar surface area (TPSA) is 56.6 Å². The van der Waals surface area contributed by atoms with Crippen molar-refractivity contribution >= 4 is 33.0 Å². The first-order valence-electron chi connectivity index (χ1n) is 11.6. The number of rotatable bonds is 3. The molecule has 0 spiro atoms. The average molecular weight is 543 g/mol. The average Bonchev–Trinajstić information content (AvgIpc) is 3.27. The number of piperidine rings is 1. The van der Waals surface area contributed by atoms with Crippen molar-refractivity contribution in [1.29, 1.82) is 0 Å². The van der Waals surface area contributed by atoms with Gasteiger partial charge in [-0.1, -0.05) is 35.7 Å². The molecule has 1 saturated heterocycles. The Morgan fingerprint density at radius 3 is 2.49 bits per heavy atom. The number of aromatic nitrogens is 1. The van der Waals surface area contributed by atoms with Crippen molar-refractivity contribution < 1.29 is 23.4 Å². The number of nitrogens with zero attached hydrogens (tertiary/aromatic N) is 2. The van der Waals surface area contributed by atoms with Crippen molar-refractivity contribution in [2.45, 2.75) is 30.8 Å². The van der Waals surface area contributed by atoms with Crippen molar-refractivity contribution in [3.8, 4) is 23.0 Å². The van der Waals surface area contributed by atoms with Crippen molar-refractivity contribution in [1.82, 2.24) is 9.88 Å². The van der Waals surface area contributed by atoms with Crippen molar-refractivity contribution in [2.75, 3.05) is 13.1 Å². The molecule has 0 radical (unpaired) electrons. The van der Waals surface area contributed by atoms with E-state index in [4.69, 9.17) is 11.6 Å². The summed E-state index contributed by atoms with van der Waals surface area (Å²) in [6.07, 6.45) is -5.53. The lowest BCUT2D eigenvalue weighted by Gasteiger charge is -2.42. The van der Waals surface area contributed by atoms with Crippen LogP contribution < -0.4 is 0 Å². The minimum Gasteiger partial charge on any atom is -0.388 e. The molecule has 3 heterocycles. The maximum Gasteiger partial charge on any atom is 0.419 e. The minimum absolute atomic E-state index is 0.0435. The van der Waals surface area contributed by atoms with Gasteiger partial charge >= 0.3 is 6.18 Å². The number of benzene rings is 2. The van der Waals surface area contributed by atoms with E-state index < -0.39 is 24.3 Å². The predicted molar refractivity (Wildman–Crippen MR) is 139 cm³/mol. The van der Waals surface area contributed by atoms with Gasteiger partial charge in [-0.05, 0) is 59.3 Å². The first-order chi connectivity index (χ1) is 17.6. The third kappa shape index (κ3) is 5.52. The second-order valence-corrected chi connectivity index (χ2v) is 10.7. The van der Waals surface area contributed by atoms with E-state index in [1.165, 1.54) is 0 Å². The van der Waals surface area contributed by atoms with E-state index in [0.717, 1.165) is 31.7 Å². The Labute approximate surface area is 221 Å². The third-order valence-corrected chi connectivity index (χ3v) is 7.86. The normalized spacial score (nSPS) is 20.5. The largest absolute Gasteiger partial charge is 0.419 e. The van der Waals surface area contributed by atoms with Gasteiger partial charge < -0.3 is 10.2 Å². The summed E-state index contributed by atoms with van der Waals surface area (Å²) < 4.78 is 40.4. The summed E-state index contributed by atoms with van der Waals surface area (Å²) in [5.74, 6) is 6.22. The second-order valence-electron chi connectivity index (χ2n) is 9.08. The number of alkyl halides is 3. The molecule has 5 rings (SSSR count). The van der Waals surface area contributed by atoms with Crippen LogP contribution in [0.2, 0.25) is 5.02 Å². The number of aliphatic hydroxyl groups is 2. The number of likely N-dealkylation sites (tertiary alicyclic amines) is 1. The molecule has 1 unspecified atom stereocenters. The molecule has 1 aliphatic heterocycles. The maximum atomic E-state index is 13.1. The van der Waals surface area contributed by atoms with E-state index in [0.29, 0.717) is 17.3 Å². The highest BCUT2D eigenvalue weighted by atomic mass is 35.5. The molecule has 9 heteroatoms. The van der Waals surface area contributed by atoms with Crippen LogP contribution >= 0.6 is 22.9 Å². The molecule has 1 fully saturated rings. The highest BCUT2D eigenvalue weighted by Crippen LogP contribution is 2.39. The van der Waals surface area contributed by atoms with Gasteiger partial charge in [0.05, 0.1) is 0 Å². The predicted octanol–water partition coefficient (Wildman–Crippen LogP) is 5.88. The highest BCUT2D eigenvalue weighted by molar-refractivity contribution is 7.19. The summed E-state index contributed by atoms with van der Waals surface area (Å²) in [6, 6.07) is 19.2. The van der Waals surface area contributed by atoms with Gasteiger partial charge in [-0.2, -0.15) is 13.2 Å². The number of hydrogen-bond acceptors (Lipinski definition) is 5. The van der Waals surface area contributed by atoms with Gasteiger partial charge in [0.15, 0.2) is 5.60 Å². The molecule has 0 aliphatic carbocycles. The van der Waals surface area contributed by atoms with Gasteiger partial charge in [0, 0.05) is 58.0 Å². The molecule has 190 valence electrons. The summed E-state index contributed by atoms with van der Waals surface area (Å²) in [4.78, 5) is 7.13. The van der Waals surface area contributed by atoms with Crippen LogP contribution in [0.15, 0.2) is 66.9 Å². The molecular weight excluding hydrogens is 521 g/mol. The smallest absolute Gasteiger partial charge is 0.388 e. The number of halogens is 4. The molecule has 0 bridgehead atoms. The quantitative estimate of drug-likeness (QED) is 0.318. The molecule has 2 atom stereocenters. The number of fused-ring (bicyclic) bond motifs is 1. The first kappa shape index (κ1) is 25.7. The molecule has 1 aliphatic rings. The fourth-order valence-electron chi connectivity index (χ4n) is 4.35. The molecule has 0 amide bonds. The van der Waals surface area contributed by atoms with Crippen molar-refractivity contribution in [3.63, 3.8) is 0 Å². The molecular formula is C28H22ClF3N2O2S. The monoisotopic (exact) mass is 542 g/mol. The van der Waals surface area contributed by atoms with Crippen LogP contribution in [0.5, 0.6) is 0 Å². The maximum absolute atomic E-state index is 13.1. The van der Waals surface area contributed by atoms with E-state index in [9.17, 15) is 23.4 Å². The lowest BCUT2D eigenvalue weighted by Crippen LogP contribution is -2.62. The number of hydrogen-bond donors (Lipinski definition) is 2. The summed E-state index contributed by atoms with van der Waals surface area (Å²) in [7, 11) is 0. The van der Waals surface area contributed by atoms with Crippen molar-refractivity contribution in [3.05, 3.63) is 88.0 Å². The van der Waals surface area contributed by atoms with Gasteiger partial charge in [0.25, 0.3) is 0 Å². The SMILES string of the molecule is OC1CN(Cc2cc3cc(C#Cc4ccc(-c5ccc(Cl)cc5)cn4)ccc3s2)CC[C@]1(O)C(F)(F)F.